The Bertz CT molecular complexity index is 682. The minimum absolute atomic E-state index is 0.0587. The van der Waals surface area contributed by atoms with Gasteiger partial charge in [0.05, 0.1) is 19.1 Å². The molecule has 2 amide bonds. The van der Waals surface area contributed by atoms with Gasteiger partial charge in [0.15, 0.2) is 6.10 Å². The topological polar surface area (TPSA) is 80.2 Å². The van der Waals surface area contributed by atoms with Crippen LogP contribution in [0.2, 0.25) is 0 Å². The zero-order valence-corrected chi connectivity index (χ0v) is 16.1. The third-order valence-corrected chi connectivity index (χ3v) is 5.20. The number of oxime groups is 1. The maximum atomic E-state index is 13.0. The monoisotopic (exact) mass is 423 g/mol. The Hall–Kier alpha value is -2.09. The number of hydrogen-bond acceptors (Lipinski definition) is 5. The second kappa shape index (κ2) is 8.53. The van der Waals surface area contributed by atoms with Crippen LogP contribution in [0.25, 0.3) is 0 Å². The van der Waals surface area contributed by atoms with Crippen molar-refractivity contribution in [1.82, 2.24) is 10.2 Å². The van der Waals surface area contributed by atoms with Crippen molar-refractivity contribution in [3.05, 3.63) is 35.9 Å². The van der Waals surface area contributed by atoms with Crippen molar-refractivity contribution < 1.29 is 19.2 Å². The third kappa shape index (κ3) is 4.35. The Morgan fingerprint density at radius 3 is 2.85 bits per heavy atom. The van der Waals surface area contributed by atoms with Crippen LogP contribution in [0.15, 0.2) is 35.5 Å². The molecule has 8 heteroatoms. The molecular formula is C18H22BrN3O4. The summed E-state index contributed by atoms with van der Waals surface area (Å²) in [7, 11) is 0. The summed E-state index contributed by atoms with van der Waals surface area (Å²) in [6.45, 7) is 3.22. The highest BCUT2D eigenvalue weighted by Crippen LogP contribution is 2.29. The van der Waals surface area contributed by atoms with Crippen LogP contribution in [0.1, 0.15) is 18.9 Å². The fourth-order valence-corrected chi connectivity index (χ4v) is 3.65. The number of nitrogens with one attached hydrogen (secondary N) is 1. The molecule has 1 aromatic rings. The summed E-state index contributed by atoms with van der Waals surface area (Å²) in [6, 6.07) is 8.92. The maximum absolute atomic E-state index is 13.0. The quantitative estimate of drug-likeness (QED) is 0.760. The number of fused-ring (bicyclic) bond motifs is 1. The lowest BCUT2D eigenvalue weighted by Crippen LogP contribution is -2.49. The molecule has 3 atom stereocenters. The number of nitrogens with zero attached hydrogens (tertiary/aromatic N) is 2. The van der Waals surface area contributed by atoms with E-state index in [1.165, 1.54) is 0 Å². The van der Waals surface area contributed by atoms with Crippen LogP contribution in [-0.4, -0.2) is 53.4 Å². The van der Waals surface area contributed by atoms with Gasteiger partial charge >= 0.3 is 6.09 Å². The number of ether oxygens (including phenoxy) is 1. The molecule has 1 saturated heterocycles. The molecule has 7 nitrogen and oxygen atoms in total. The van der Waals surface area contributed by atoms with Crippen molar-refractivity contribution >= 4 is 32.6 Å². The molecular weight excluding hydrogens is 402 g/mol. The molecule has 3 rings (SSSR count). The van der Waals surface area contributed by atoms with E-state index in [1.54, 1.807) is 4.90 Å². The van der Waals surface area contributed by atoms with Gasteiger partial charge in [0.25, 0.3) is 0 Å². The van der Waals surface area contributed by atoms with E-state index in [1.807, 2.05) is 37.3 Å². The molecule has 0 radical (unpaired) electrons. The first-order chi connectivity index (χ1) is 12.6. The lowest BCUT2D eigenvalue weighted by Gasteiger charge is -2.24. The number of alkyl carbamates (subject to hydrolysis) is 1. The molecule has 2 aliphatic rings. The number of carbonyl (C=O) groups excluding carboxylic acids is 2. The molecule has 0 aliphatic carbocycles. The van der Waals surface area contributed by atoms with Crippen LogP contribution in [0.4, 0.5) is 4.79 Å². The van der Waals surface area contributed by atoms with Gasteiger partial charge in [-0.15, -0.1) is 0 Å². The van der Waals surface area contributed by atoms with Crippen molar-refractivity contribution in [3.63, 3.8) is 0 Å². The predicted octanol–water partition coefficient (Wildman–Crippen LogP) is 2.30. The van der Waals surface area contributed by atoms with Crippen LogP contribution in [-0.2, 0) is 20.8 Å². The van der Waals surface area contributed by atoms with E-state index in [2.05, 4.69) is 26.4 Å². The fourth-order valence-electron chi connectivity index (χ4n) is 3.12. The van der Waals surface area contributed by atoms with E-state index in [0.29, 0.717) is 26.1 Å². The van der Waals surface area contributed by atoms with E-state index in [0.717, 1.165) is 16.6 Å². The van der Waals surface area contributed by atoms with Gasteiger partial charge in [-0.3, -0.25) is 4.79 Å². The van der Waals surface area contributed by atoms with Crippen molar-refractivity contribution in [2.75, 3.05) is 19.7 Å². The summed E-state index contributed by atoms with van der Waals surface area (Å²) >= 11 is 3.38. The highest BCUT2D eigenvalue weighted by Gasteiger charge is 2.44. The first kappa shape index (κ1) is 18.7. The summed E-state index contributed by atoms with van der Waals surface area (Å²) in [6.07, 6.45) is 0.436. The molecule has 26 heavy (non-hydrogen) atoms. The summed E-state index contributed by atoms with van der Waals surface area (Å²) in [5.41, 5.74) is 0.972. The van der Waals surface area contributed by atoms with Gasteiger partial charge in [0, 0.05) is 13.0 Å². The van der Waals surface area contributed by atoms with Gasteiger partial charge in [-0.2, -0.15) is 0 Å². The SMILES string of the molecule is CCCOC(=O)N[C@@H](Cc1ccccc1)C(=O)N1CC2ON=C(Br)C2C1. The lowest BCUT2D eigenvalue weighted by atomic mass is 10.0. The Morgan fingerprint density at radius 2 is 2.15 bits per heavy atom. The smallest absolute Gasteiger partial charge is 0.407 e. The number of likely N-dealkylation sites (tertiary alicyclic amines) is 1. The Balaban J connectivity index is 1.68. The number of rotatable bonds is 6. The molecule has 1 N–H and O–H groups in total. The first-order valence-electron chi connectivity index (χ1n) is 8.73. The summed E-state index contributed by atoms with van der Waals surface area (Å²) < 4.78 is 5.82. The van der Waals surface area contributed by atoms with E-state index in [-0.39, 0.29) is 17.9 Å². The molecule has 0 bridgehead atoms. The first-order valence-corrected chi connectivity index (χ1v) is 9.53. The summed E-state index contributed by atoms with van der Waals surface area (Å²) in [4.78, 5) is 32.1. The normalized spacial score (nSPS) is 22.2. The Morgan fingerprint density at radius 1 is 1.38 bits per heavy atom. The molecule has 0 aromatic heterocycles. The van der Waals surface area contributed by atoms with Gasteiger partial charge in [-0.05, 0) is 27.9 Å². The zero-order valence-electron chi connectivity index (χ0n) is 14.6. The number of benzene rings is 1. The van der Waals surface area contributed by atoms with E-state index in [9.17, 15) is 9.59 Å². The van der Waals surface area contributed by atoms with Gasteiger partial charge < -0.3 is 19.8 Å². The van der Waals surface area contributed by atoms with Crippen molar-refractivity contribution in [1.29, 1.82) is 0 Å². The number of halogens is 1. The summed E-state index contributed by atoms with van der Waals surface area (Å²) in [5.74, 6) is -0.0797. The fraction of sp³-hybridized carbons (Fsp3) is 0.500. The third-order valence-electron chi connectivity index (χ3n) is 4.47. The van der Waals surface area contributed by atoms with E-state index < -0.39 is 12.1 Å². The van der Waals surface area contributed by atoms with Gasteiger partial charge in [-0.25, -0.2) is 4.79 Å². The minimum atomic E-state index is -0.684. The Kier molecular flexibility index (Phi) is 6.13. The maximum Gasteiger partial charge on any atom is 0.407 e. The minimum Gasteiger partial charge on any atom is -0.450 e. The van der Waals surface area contributed by atoms with Gasteiger partial charge in [0.1, 0.15) is 10.7 Å². The van der Waals surface area contributed by atoms with Crippen LogP contribution in [0.5, 0.6) is 0 Å². The van der Waals surface area contributed by atoms with Crippen molar-refractivity contribution in [2.24, 2.45) is 11.1 Å². The van der Waals surface area contributed by atoms with Crippen molar-refractivity contribution in [3.8, 4) is 0 Å². The zero-order chi connectivity index (χ0) is 18.5. The molecule has 0 spiro atoms. The van der Waals surface area contributed by atoms with Crippen LogP contribution in [0.3, 0.4) is 0 Å². The molecule has 0 saturated carbocycles. The second-order valence-electron chi connectivity index (χ2n) is 6.43. The Labute approximate surface area is 160 Å². The molecule has 140 valence electrons. The number of hydrogen-bond donors (Lipinski definition) is 1. The molecule has 2 unspecified atom stereocenters. The highest BCUT2D eigenvalue weighted by atomic mass is 79.9. The predicted molar refractivity (Wildman–Crippen MR) is 100 cm³/mol. The van der Waals surface area contributed by atoms with Crippen LogP contribution >= 0.6 is 15.9 Å². The van der Waals surface area contributed by atoms with Crippen LogP contribution < -0.4 is 5.32 Å². The van der Waals surface area contributed by atoms with E-state index >= 15 is 0 Å². The lowest BCUT2D eigenvalue weighted by molar-refractivity contribution is -0.132. The number of amides is 2. The second-order valence-corrected chi connectivity index (χ2v) is 7.24. The molecule has 1 fully saturated rings. The average molecular weight is 424 g/mol. The van der Waals surface area contributed by atoms with E-state index in [4.69, 9.17) is 9.57 Å². The average Bonchev–Trinajstić information content (AvgIpc) is 3.22. The van der Waals surface area contributed by atoms with Gasteiger partial charge in [0.2, 0.25) is 5.91 Å². The molecule has 2 heterocycles. The molecule has 1 aromatic carbocycles. The number of carbonyl (C=O) groups is 2. The standard InChI is InChI=1S/C18H22BrN3O4/c1-2-8-25-18(24)20-14(9-12-6-4-3-5-7-12)17(23)22-10-13-15(11-22)26-21-16(13)19/h3-7,13-15H,2,8-11H2,1H3,(H,20,24)/t13?,14-,15?/m0/s1. The van der Waals surface area contributed by atoms with Gasteiger partial charge in [-0.1, -0.05) is 42.4 Å². The van der Waals surface area contributed by atoms with Crippen LogP contribution in [0, 0.1) is 5.92 Å². The van der Waals surface area contributed by atoms with Crippen molar-refractivity contribution in [2.45, 2.75) is 31.9 Å². The molecule has 2 aliphatic heterocycles. The largest absolute Gasteiger partial charge is 0.450 e. The highest BCUT2D eigenvalue weighted by molar-refractivity contribution is 9.18. The summed E-state index contributed by atoms with van der Waals surface area (Å²) in [5, 5.41) is 6.63.